The van der Waals surface area contributed by atoms with Crippen LogP contribution in [-0.4, -0.2) is 66.5 Å². The molecule has 6 heteroatoms. The molecule has 0 atom stereocenters. The Morgan fingerprint density at radius 1 is 1.19 bits per heavy atom. The van der Waals surface area contributed by atoms with Gasteiger partial charge >= 0.3 is 0 Å². The maximum Gasteiger partial charge on any atom is 0.129 e. The summed E-state index contributed by atoms with van der Waals surface area (Å²) in [7, 11) is 0. The standard InChI is InChI=1S/C15H24N4O2/c1-13-16-5-2-14(18-13)17-12-15(3-8-20-9-4-15)19-6-10-21-11-7-19/h2,5H,3-4,6-12H2,1H3,(H,16,17,18). The molecule has 2 fully saturated rings. The summed E-state index contributed by atoms with van der Waals surface area (Å²) in [5, 5.41) is 3.50. The number of aryl methyl sites for hydroxylation is 1. The molecule has 1 aromatic heterocycles. The summed E-state index contributed by atoms with van der Waals surface area (Å²) in [5.41, 5.74) is 0.154. The van der Waals surface area contributed by atoms with Crippen molar-refractivity contribution >= 4 is 5.82 Å². The third kappa shape index (κ3) is 3.51. The van der Waals surface area contributed by atoms with Gasteiger partial charge in [0.05, 0.1) is 13.2 Å². The van der Waals surface area contributed by atoms with E-state index in [2.05, 4.69) is 20.2 Å². The van der Waals surface area contributed by atoms with E-state index >= 15 is 0 Å². The highest BCUT2D eigenvalue weighted by Crippen LogP contribution is 2.29. The average Bonchev–Trinajstić information content (AvgIpc) is 2.55. The molecule has 1 aromatic rings. The summed E-state index contributed by atoms with van der Waals surface area (Å²) in [6, 6.07) is 1.93. The van der Waals surface area contributed by atoms with Crippen molar-refractivity contribution in [2.45, 2.75) is 25.3 Å². The minimum absolute atomic E-state index is 0.154. The van der Waals surface area contributed by atoms with E-state index in [1.54, 1.807) is 6.20 Å². The second-order valence-electron chi connectivity index (χ2n) is 5.78. The molecule has 2 aliphatic rings. The molecular weight excluding hydrogens is 268 g/mol. The molecule has 0 aliphatic carbocycles. The third-order valence-electron chi connectivity index (χ3n) is 4.48. The first-order chi connectivity index (χ1) is 10.3. The molecule has 6 nitrogen and oxygen atoms in total. The second-order valence-corrected chi connectivity index (χ2v) is 5.78. The van der Waals surface area contributed by atoms with Gasteiger partial charge in [0.2, 0.25) is 0 Å². The van der Waals surface area contributed by atoms with Crippen molar-refractivity contribution in [2.24, 2.45) is 0 Å². The zero-order valence-corrected chi connectivity index (χ0v) is 12.7. The Labute approximate surface area is 125 Å². The van der Waals surface area contributed by atoms with Gasteiger partial charge in [-0.1, -0.05) is 0 Å². The molecular formula is C15H24N4O2. The summed E-state index contributed by atoms with van der Waals surface area (Å²) < 4.78 is 11.1. The first kappa shape index (κ1) is 14.7. The van der Waals surface area contributed by atoms with Gasteiger partial charge in [0.15, 0.2) is 0 Å². The summed E-state index contributed by atoms with van der Waals surface area (Å²) in [6.07, 6.45) is 3.92. The van der Waals surface area contributed by atoms with Crippen LogP contribution in [0.15, 0.2) is 12.3 Å². The first-order valence-corrected chi connectivity index (χ1v) is 7.73. The fourth-order valence-corrected chi connectivity index (χ4v) is 3.20. The largest absolute Gasteiger partial charge is 0.381 e. The van der Waals surface area contributed by atoms with E-state index in [-0.39, 0.29) is 5.54 Å². The SMILES string of the molecule is Cc1nccc(NCC2(N3CCOCC3)CCOCC2)n1. The topological polar surface area (TPSA) is 59.5 Å². The van der Waals surface area contributed by atoms with Crippen LogP contribution in [0.25, 0.3) is 0 Å². The molecule has 0 aromatic carbocycles. The van der Waals surface area contributed by atoms with Gasteiger partial charge in [0.1, 0.15) is 11.6 Å². The summed E-state index contributed by atoms with van der Waals surface area (Å²) >= 11 is 0. The van der Waals surface area contributed by atoms with Gasteiger partial charge in [-0.2, -0.15) is 0 Å². The van der Waals surface area contributed by atoms with E-state index in [1.807, 2.05) is 13.0 Å². The zero-order valence-electron chi connectivity index (χ0n) is 12.7. The lowest BCUT2D eigenvalue weighted by atomic mass is 9.87. The van der Waals surface area contributed by atoms with Crippen LogP contribution < -0.4 is 5.32 Å². The number of nitrogens with one attached hydrogen (secondary N) is 1. The first-order valence-electron chi connectivity index (χ1n) is 7.73. The van der Waals surface area contributed by atoms with Crippen molar-refractivity contribution in [1.82, 2.24) is 14.9 Å². The van der Waals surface area contributed by atoms with Gasteiger partial charge in [-0.25, -0.2) is 9.97 Å². The fraction of sp³-hybridized carbons (Fsp3) is 0.733. The molecule has 1 N–H and O–H groups in total. The quantitative estimate of drug-likeness (QED) is 0.896. The predicted molar refractivity (Wildman–Crippen MR) is 80.4 cm³/mol. The molecule has 2 aliphatic heterocycles. The predicted octanol–water partition coefficient (Wildman–Crippen LogP) is 1.08. The number of ether oxygens (including phenoxy) is 2. The Morgan fingerprint density at radius 2 is 1.90 bits per heavy atom. The maximum absolute atomic E-state index is 5.58. The second kappa shape index (κ2) is 6.68. The van der Waals surface area contributed by atoms with Gasteiger partial charge < -0.3 is 14.8 Å². The molecule has 0 bridgehead atoms. The van der Waals surface area contributed by atoms with Gasteiger partial charge in [-0.3, -0.25) is 4.90 Å². The number of hydrogen-bond donors (Lipinski definition) is 1. The molecule has 0 unspecified atom stereocenters. The Kier molecular flexibility index (Phi) is 4.67. The highest BCUT2D eigenvalue weighted by Gasteiger charge is 2.39. The molecule has 21 heavy (non-hydrogen) atoms. The Bertz CT molecular complexity index is 457. The number of nitrogens with zero attached hydrogens (tertiary/aromatic N) is 3. The summed E-state index contributed by atoms with van der Waals surface area (Å²) in [5.74, 6) is 1.70. The van der Waals surface area contributed by atoms with Crippen molar-refractivity contribution in [3.05, 3.63) is 18.1 Å². The summed E-state index contributed by atoms with van der Waals surface area (Å²) in [4.78, 5) is 11.2. The van der Waals surface area contributed by atoms with E-state index in [1.165, 1.54) is 0 Å². The molecule has 3 heterocycles. The molecule has 0 spiro atoms. The van der Waals surface area contributed by atoms with Crippen LogP contribution in [0.3, 0.4) is 0 Å². The lowest BCUT2D eigenvalue weighted by Crippen LogP contribution is -2.59. The van der Waals surface area contributed by atoms with E-state index in [4.69, 9.17) is 9.47 Å². The Morgan fingerprint density at radius 3 is 2.62 bits per heavy atom. The van der Waals surface area contributed by atoms with Gasteiger partial charge in [-0.15, -0.1) is 0 Å². The number of rotatable bonds is 4. The van der Waals surface area contributed by atoms with Crippen LogP contribution in [0.2, 0.25) is 0 Å². The minimum Gasteiger partial charge on any atom is -0.381 e. The van der Waals surface area contributed by atoms with Crippen LogP contribution in [0.4, 0.5) is 5.82 Å². The number of aromatic nitrogens is 2. The number of hydrogen-bond acceptors (Lipinski definition) is 6. The molecule has 0 radical (unpaired) electrons. The van der Waals surface area contributed by atoms with Crippen molar-refractivity contribution in [2.75, 3.05) is 51.4 Å². The normalized spacial score (nSPS) is 22.9. The third-order valence-corrected chi connectivity index (χ3v) is 4.48. The molecule has 116 valence electrons. The molecule has 0 amide bonds. The van der Waals surface area contributed by atoms with Crippen molar-refractivity contribution in [1.29, 1.82) is 0 Å². The minimum atomic E-state index is 0.154. The van der Waals surface area contributed by atoms with E-state index in [0.717, 1.165) is 70.5 Å². The molecule has 0 saturated carbocycles. The maximum atomic E-state index is 5.58. The lowest BCUT2D eigenvalue weighted by molar-refractivity contribution is -0.0653. The monoisotopic (exact) mass is 292 g/mol. The van der Waals surface area contributed by atoms with Crippen molar-refractivity contribution < 1.29 is 9.47 Å². The Hall–Kier alpha value is -1.24. The van der Waals surface area contributed by atoms with Gasteiger partial charge in [0, 0.05) is 44.6 Å². The van der Waals surface area contributed by atoms with Crippen LogP contribution in [-0.2, 0) is 9.47 Å². The van der Waals surface area contributed by atoms with E-state index < -0.39 is 0 Å². The average molecular weight is 292 g/mol. The van der Waals surface area contributed by atoms with Crippen LogP contribution in [0, 0.1) is 6.92 Å². The van der Waals surface area contributed by atoms with Crippen LogP contribution >= 0.6 is 0 Å². The molecule has 2 saturated heterocycles. The smallest absolute Gasteiger partial charge is 0.129 e. The van der Waals surface area contributed by atoms with Crippen molar-refractivity contribution in [3.63, 3.8) is 0 Å². The van der Waals surface area contributed by atoms with Gasteiger partial charge in [0.25, 0.3) is 0 Å². The van der Waals surface area contributed by atoms with Crippen molar-refractivity contribution in [3.8, 4) is 0 Å². The Balaban J connectivity index is 1.69. The number of morpholine rings is 1. The summed E-state index contributed by atoms with van der Waals surface area (Å²) in [6.45, 7) is 8.15. The zero-order chi connectivity index (χ0) is 14.5. The fourth-order valence-electron chi connectivity index (χ4n) is 3.20. The molecule has 3 rings (SSSR count). The highest BCUT2D eigenvalue weighted by atomic mass is 16.5. The van der Waals surface area contributed by atoms with Crippen LogP contribution in [0.1, 0.15) is 18.7 Å². The highest BCUT2D eigenvalue weighted by molar-refractivity contribution is 5.33. The van der Waals surface area contributed by atoms with Crippen LogP contribution in [0.5, 0.6) is 0 Å². The van der Waals surface area contributed by atoms with E-state index in [0.29, 0.717) is 0 Å². The lowest BCUT2D eigenvalue weighted by Gasteiger charge is -2.48. The van der Waals surface area contributed by atoms with E-state index in [9.17, 15) is 0 Å². The van der Waals surface area contributed by atoms with Gasteiger partial charge in [-0.05, 0) is 25.8 Å². The number of anilines is 1.